The minimum absolute atomic E-state index is 0.0482. The molecule has 0 aliphatic carbocycles. The van der Waals surface area contributed by atoms with Crippen LogP contribution in [-0.4, -0.2) is 40.9 Å². The number of benzene rings is 2. The van der Waals surface area contributed by atoms with Gasteiger partial charge in [-0.15, -0.1) is 0 Å². The van der Waals surface area contributed by atoms with E-state index in [0.717, 1.165) is 11.6 Å². The zero-order chi connectivity index (χ0) is 20.1. The van der Waals surface area contributed by atoms with Crippen molar-refractivity contribution in [2.24, 2.45) is 5.92 Å². The van der Waals surface area contributed by atoms with Crippen LogP contribution in [0, 0.1) is 11.7 Å². The van der Waals surface area contributed by atoms with Gasteiger partial charge in [-0.2, -0.15) is 0 Å². The topological polar surface area (TPSA) is 86.7 Å². The molecule has 28 heavy (non-hydrogen) atoms. The van der Waals surface area contributed by atoms with Crippen LogP contribution in [0.5, 0.6) is 0 Å². The Hall–Kier alpha value is -3.22. The molecule has 0 atom stereocenters. The second-order valence-corrected chi connectivity index (χ2v) is 6.77. The van der Waals surface area contributed by atoms with E-state index in [2.05, 4.69) is 5.32 Å². The lowest BCUT2D eigenvalue weighted by molar-refractivity contribution is -0.126. The molecular weight excluding hydrogens is 363 g/mol. The average Bonchev–Trinajstić information content (AvgIpc) is 2.72. The smallest absolute Gasteiger partial charge is 0.335 e. The summed E-state index contributed by atoms with van der Waals surface area (Å²) in [5.74, 6) is -2.83. The van der Waals surface area contributed by atoms with Gasteiger partial charge in [-0.25, -0.2) is 9.18 Å². The van der Waals surface area contributed by atoms with Crippen molar-refractivity contribution in [2.75, 3.05) is 13.1 Å². The predicted molar refractivity (Wildman–Crippen MR) is 100 cm³/mol. The quantitative estimate of drug-likeness (QED) is 0.830. The third kappa shape index (κ3) is 4.54. The number of nitrogens with zero attached hydrogens (tertiary/aromatic N) is 1. The Morgan fingerprint density at radius 3 is 2.36 bits per heavy atom. The first kappa shape index (κ1) is 19.5. The summed E-state index contributed by atoms with van der Waals surface area (Å²) in [5, 5.41) is 11.8. The van der Waals surface area contributed by atoms with Crippen LogP contribution in [0.2, 0.25) is 0 Å². The number of hydrogen-bond acceptors (Lipinski definition) is 3. The number of likely N-dealkylation sites (tertiary alicyclic amines) is 1. The van der Waals surface area contributed by atoms with Gasteiger partial charge in [0, 0.05) is 25.6 Å². The highest BCUT2D eigenvalue weighted by Gasteiger charge is 2.29. The van der Waals surface area contributed by atoms with E-state index in [4.69, 9.17) is 5.11 Å². The van der Waals surface area contributed by atoms with E-state index >= 15 is 0 Å². The Labute approximate surface area is 162 Å². The summed E-state index contributed by atoms with van der Waals surface area (Å²) in [6, 6.07) is 12.9. The van der Waals surface area contributed by atoms with Crippen LogP contribution >= 0.6 is 0 Å². The molecule has 1 heterocycles. The van der Waals surface area contributed by atoms with Gasteiger partial charge in [-0.3, -0.25) is 9.59 Å². The van der Waals surface area contributed by atoms with Crippen molar-refractivity contribution in [3.8, 4) is 0 Å². The lowest BCUT2D eigenvalue weighted by atomic mass is 9.95. The molecule has 0 spiro atoms. The number of hydrogen-bond donors (Lipinski definition) is 2. The van der Waals surface area contributed by atoms with Crippen LogP contribution in [0.4, 0.5) is 4.39 Å². The predicted octanol–water partition coefficient (Wildman–Crippen LogP) is 2.69. The molecule has 1 saturated heterocycles. The molecule has 2 N–H and O–H groups in total. The van der Waals surface area contributed by atoms with Crippen LogP contribution in [0.25, 0.3) is 0 Å². The number of carboxylic acids is 1. The van der Waals surface area contributed by atoms with Crippen molar-refractivity contribution < 1.29 is 23.9 Å². The number of amides is 2. The number of carbonyl (C=O) groups excluding carboxylic acids is 2. The van der Waals surface area contributed by atoms with Crippen molar-refractivity contribution in [3.63, 3.8) is 0 Å². The molecule has 146 valence electrons. The molecule has 0 unspecified atom stereocenters. The van der Waals surface area contributed by atoms with Crippen LogP contribution in [-0.2, 0) is 11.3 Å². The zero-order valence-electron chi connectivity index (χ0n) is 15.2. The summed E-state index contributed by atoms with van der Waals surface area (Å²) in [6.07, 6.45) is 1.00. The van der Waals surface area contributed by atoms with E-state index in [0.29, 0.717) is 32.5 Å². The van der Waals surface area contributed by atoms with Crippen LogP contribution in [0.15, 0.2) is 48.5 Å². The Kier molecular flexibility index (Phi) is 6.03. The Balaban J connectivity index is 1.54. The molecule has 0 aromatic heterocycles. The lowest BCUT2D eigenvalue weighted by Gasteiger charge is -2.31. The minimum Gasteiger partial charge on any atom is -0.478 e. The minimum atomic E-state index is -1.25. The molecule has 6 nitrogen and oxygen atoms in total. The molecule has 2 aromatic rings. The third-order valence-electron chi connectivity index (χ3n) is 4.91. The van der Waals surface area contributed by atoms with E-state index in [-0.39, 0.29) is 23.0 Å². The summed E-state index contributed by atoms with van der Waals surface area (Å²) < 4.78 is 14.1. The van der Waals surface area contributed by atoms with E-state index < -0.39 is 17.7 Å². The maximum atomic E-state index is 14.1. The largest absolute Gasteiger partial charge is 0.478 e. The average molecular weight is 384 g/mol. The van der Waals surface area contributed by atoms with Crippen LogP contribution in [0.1, 0.15) is 39.1 Å². The number of carbonyl (C=O) groups is 3. The molecule has 2 aromatic carbocycles. The summed E-state index contributed by atoms with van der Waals surface area (Å²) in [4.78, 5) is 37.2. The fraction of sp³-hybridized carbons (Fsp3) is 0.286. The second kappa shape index (κ2) is 8.65. The van der Waals surface area contributed by atoms with Crippen LogP contribution in [0.3, 0.4) is 0 Å². The van der Waals surface area contributed by atoms with Crippen LogP contribution < -0.4 is 5.32 Å². The molecule has 0 bridgehead atoms. The summed E-state index contributed by atoms with van der Waals surface area (Å²) >= 11 is 0. The van der Waals surface area contributed by atoms with Crippen molar-refractivity contribution in [1.82, 2.24) is 10.2 Å². The Bertz CT molecular complexity index is 877. The molecular formula is C21H21FN2O4. The van der Waals surface area contributed by atoms with Gasteiger partial charge in [-0.05, 0) is 36.6 Å². The first-order valence-corrected chi connectivity index (χ1v) is 9.09. The number of halogens is 1. The fourth-order valence-electron chi connectivity index (χ4n) is 3.27. The van der Waals surface area contributed by atoms with E-state index in [1.807, 2.05) is 30.3 Å². The molecule has 0 radical (unpaired) electrons. The monoisotopic (exact) mass is 384 g/mol. The van der Waals surface area contributed by atoms with Gasteiger partial charge in [0.25, 0.3) is 5.91 Å². The lowest BCUT2D eigenvalue weighted by Crippen LogP contribution is -2.43. The molecule has 0 saturated carbocycles. The number of piperidine rings is 1. The SMILES string of the molecule is O=C(O)c1ccc(C(=O)N2CCC(C(=O)NCc3ccccc3)CC2)c(F)c1. The zero-order valence-corrected chi connectivity index (χ0v) is 15.2. The highest BCUT2D eigenvalue weighted by atomic mass is 19.1. The number of nitrogens with one attached hydrogen (secondary N) is 1. The number of aromatic carboxylic acids is 1. The molecule has 1 aliphatic heterocycles. The molecule has 3 rings (SSSR count). The first-order valence-electron chi connectivity index (χ1n) is 9.09. The summed E-state index contributed by atoms with van der Waals surface area (Å²) in [7, 11) is 0. The Morgan fingerprint density at radius 1 is 1.07 bits per heavy atom. The van der Waals surface area contributed by atoms with Crippen molar-refractivity contribution in [1.29, 1.82) is 0 Å². The number of carboxylic acid groups (broad SMARTS) is 1. The second-order valence-electron chi connectivity index (χ2n) is 6.77. The highest BCUT2D eigenvalue weighted by Crippen LogP contribution is 2.21. The van der Waals surface area contributed by atoms with Gasteiger partial charge < -0.3 is 15.3 Å². The normalized spacial score (nSPS) is 14.5. The number of rotatable bonds is 5. The molecule has 7 heteroatoms. The third-order valence-corrected chi connectivity index (χ3v) is 4.91. The van der Waals surface area contributed by atoms with Gasteiger partial charge in [0.15, 0.2) is 0 Å². The van der Waals surface area contributed by atoms with Gasteiger partial charge in [0.1, 0.15) is 5.82 Å². The maximum absolute atomic E-state index is 14.1. The maximum Gasteiger partial charge on any atom is 0.335 e. The van der Waals surface area contributed by atoms with E-state index in [9.17, 15) is 18.8 Å². The summed E-state index contributed by atoms with van der Waals surface area (Å²) in [5.41, 5.74) is 0.656. The van der Waals surface area contributed by atoms with E-state index in [1.165, 1.54) is 17.0 Å². The Morgan fingerprint density at radius 2 is 1.75 bits per heavy atom. The molecule has 2 amide bonds. The molecule has 1 aliphatic rings. The van der Waals surface area contributed by atoms with Gasteiger partial charge >= 0.3 is 5.97 Å². The standard InChI is InChI=1S/C21H21FN2O4/c22-18-12-16(21(27)28)6-7-17(18)20(26)24-10-8-15(9-11-24)19(25)23-13-14-4-2-1-3-5-14/h1-7,12,15H,8-11,13H2,(H,23,25)(H,27,28). The van der Waals surface area contributed by atoms with Gasteiger partial charge in [0.05, 0.1) is 11.1 Å². The first-order chi connectivity index (χ1) is 13.5. The highest BCUT2D eigenvalue weighted by molar-refractivity contribution is 5.96. The van der Waals surface area contributed by atoms with Crippen molar-refractivity contribution in [2.45, 2.75) is 19.4 Å². The van der Waals surface area contributed by atoms with E-state index in [1.54, 1.807) is 0 Å². The van der Waals surface area contributed by atoms with Gasteiger partial charge in [0.2, 0.25) is 5.91 Å². The summed E-state index contributed by atoms with van der Waals surface area (Å²) in [6.45, 7) is 1.16. The van der Waals surface area contributed by atoms with Crippen molar-refractivity contribution in [3.05, 3.63) is 71.0 Å². The fourth-order valence-corrected chi connectivity index (χ4v) is 3.27. The van der Waals surface area contributed by atoms with Gasteiger partial charge in [-0.1, -0.05) is 30.3 Å². The van der Waals surface area contributed by atoms with Crippen molar-refractivity contribution >= 4 is 17.8 Å². The molecule has 1 fully saturated rings.